The number of nitrogens with two attached hydrogens (primary N) is 1. The van der Waals surface area contributed by atoms with Crippen LogP contribution in [-0.4, -0.2) is 47.5 Å². The Morgan fingerprint density at radius 3 is 2.38 bits per heavy atom. The molecule has 1 aliphatic rings. The number of rotatable bonds is 12. The third kappa shape index (κ3) is 6.58. The third-order valence-corrected chi connectivity index (χ3v) is 7.87. The Morgan fingerprint density at radius 1 is 0.976 bits per heavy atom. The van der Waals surface area contributed by atoms with Crippen molar-refractivity contribution >= 4 is 45.8 Å². The number of primary amides is 1. The van der Waals surface area contributed by atoms with Crippen LogP contribution < -0.4 is 27.3 Å². The molecule has 3 aromatic rings. The quantitative estimate of drug-likeness (QED) is 0.159. The summed E-state index contributed by atoms with van der Waals surface area (Å²) in [5.41, 5.74) is 8.26. The number of aryl methyl sites for hydroxylation is 4. The van der Waals surface area contributed by atoms with Crippen molar-refractivity contribution in [1.29, 1.82) is 0 Å². The van der Waals surface area contributed by atoms with Crippen LogP contribution >= 0.6 is 0 Å². The second kappa shape index (κ2) is 13.1. The number of hydrogen-bond donors (Lipinski definition) is 5. The molecule has 12 heteroatoms. The number of benzene rings is 1. The number of fused-ring (bicyclic) bond motifs is 4. The normalized spacial score (nSPS) is 14.3. The maximum Gasteiger partial charge on any atom is 0.340 e. The van der Waals surface area contributed by atoms with Gasteiger partial charge < -0.3 is 35.6 Å². The molecule has 4 rings (SSSR count). The van der Waals surface area contributed by atoms with Crippen molar-refractivity contribution in [1.82, 2.24) is 16.0 Å². The van der Waals surface area contributed by atoms with Crippen molar-refractivity contribution in [3.8, 4) is 0 Å². The SMILES string of the molecule is CCC[C@@H](NC(=O)Cc1c(C)c2cc3c4c(oc3c(C)c2oc1=O)CCCC4)C(=O)N[C@H](CCCNC(N)=O)C(=O)O. The summed E-state index contributed by atoms with van der Waals surface area (Å²) in [6.07, 6.45) is 4.78. The first kappa shape index (κ1) is 30.6. The summed E-state index contributed by atoms with van der Waals surface area (Å²) >= 11 is 0. The van der Waals surface area contributed by atoms with Gasteiger partial charge in [-0.05, 0) is 64.0 Å². The van der Waals surface area contributed by atoms with E-state index in [-0.39, 0.29) is 37.8 Å². The Morgan fingerprint density at radius 2 is 1.69 bits per heavy atom. The number of furan rings is 1. The molecule has 12 nitrogen and oxygen atoms in total. The molecule has 0 unspecified atom stereocenters. The van der Waals surface area contributed by atoms with Gasteiger partial charge in [0.05, 0.1) is 12.0 Å². The summed E-state index contributed by atoms with van der Waals surface area (Å²) in [5, 5.41) is 18.8. The van der Waals surface area contributed by atoms with Crippen molar-refractivity contribution in [3.05, 3.63) is 44.5 Å². The van der Waals surface area contributed by atoms with E-state index in [9.17, 15) is 29.1 Å². The number of urea groups is 1. The van der Waals surface area contributed by atoms with E-state index in [2.05, 4.69) is 16.0 Å². The smallest absolute Gasteiger partial charge is 0.340 e. The predicted molar refractivity (Wildman–Crippen MR) is 155 cm³/mol. The van der Waals surface area contributed by atoms with Crippen LogP contribution in [0.2, 0.25) is 0 Å². The molecule has 2 heterocycles. The Hall–Kier alpha value is -4.35. The molecule has 42 heavy (non-hydrogen) atoms. The largest absolute Gasteiger partial charge is 0.480 e. The average molecular weight is 583 g/mol. The number of aliphatic carboxylic acids is 1. The molecule has 6 N–H and O–H groups in total. The third-order valence-electron chi connectivity index (χ3n) is 7.87. The van der Waals surface area contributed by atoms with Crippen molar-refractivity contribution < 1.29 is 33.1 Å². The van der Waals surface area contributed by atoms with Gasteiger partial charge in [0, 0.05) is 34.9 Å². The maximum absolute atomic E-state index is 13.1. The highest BCUT2D eigenvalue weighted by molar-refractivity contribution is 6.00. The van der Waals surface area contributed by atoms with Gasteiger partial charge in [0.1, 0.15) is 29.0 Å². The lowest BCUT2D eigenvalue weighted by Gasteiger charge is -2.21. The summed E-state index contributed by atoms with van der Waals surface area (Å²) in [7, 11) is 0. The average Bonchev–Trinajstić information content (AvgIpc) is 3.32. The van der Waals surface area contributed by atoms with Crippen LogP contribution in [0.3, 0.4) is 0 Å². The number of carbonyl (C=O) groups excluding carboxylic acids is 3. The van der Waals surface area contributed by atoms with Crippen LogP contribution in [0.4, 0.5) is 4.79 Å². The highest BCUT2D eigenvalue weighted by atomic mass is 16.4. The van der Waals surface area contributed by atoms with E-state index in [0.29, 0.717) is 17.6 Å². The zero-order chi connectivity index (χ0) is 30.6. The predicted octanol–water partition coefficient (Wildman–Crippen LogP) is 2.88. The molecule has 1 aromatic carbocycles. The monoisotopic (exact) mass is 582 g/mol. The molecular weight excluding hydrogens is 544 g/mol. The molecule has 0 saturated heterocycles. The minimum absolute atomic E-state index is 0.0536. The van der Waals surface area contributed by atoms with Gasteiger partial charge in [-0.3, -0.25) is 9.59 Å². The van der Waals surface area contributed by atoms with E-state index in [1.165, 1.54) is 5.56 Å². The molecule has 4 amide bonds. The van der Waals surface area contributed by atoms with E-state index >= 15 is 0 Å². The Labute approximate surface area is 242 Å². The number of nitrogens with one attached hydrogen (secondary N) is 3. The van der Waals surface area contributed by atoms with Crippen LogP contribution in [0.15, 0.2) is 19.7 Å². The molecule has 0 spiro atoms. The molecule has 2 atom stereocenters. The lowest BCUT2D eigenvalue weighted by Crippen LogP contribution is -2.52. The van der Waals surface area contributed by atoms with E-state index in [1.54, 1.807) is 6.92 Å². The highest BCUT2D eigenvalue weighted by Crippen LogP contribution is 2.37. The summed E-state index contributed by atoms with van der Waals surface area (Å²) in [6.45, 7) is 5.63. The molecule has 0 fully saturated rings. The van der Waals surface area contributed by atoms with Crippen molar-refractivity contribution in [2.45, 2.75) is 90.6 Å². The standard InChI is InChI=1S/C30H38N4O8/c1-4-8-21(27(36)34-22(28(37)38)10-7-12-32-30(31)40)33-24(35)14-19-15(2)18-13-20-17-9-5-6-11-23(17)41-26(20)16(3)25(18)42-29(19)39/h13,21-22H,4-12,14H2,1-3H3,(H,33,35)(H,34,36)(H,37,38)(H3,31,32,40)/t21-,22-/m1/s1. The minimum Gasteiger partial charge on any atom is -0.480 e. The van der Waals surface area contributed by atoms with Crippen LogP contribution in [0, 0.1) is 13.8 Å². The lowest BCUT2D eigenvalue weighted by atomic mass is 9.93. The van der Waals surface area contributed by atoms with Gasteiger partial charge in [0.15, 0.2) is 0 Å². The van der Waals surface area contributed by atoms with E-state index in [4.69, 9.17) is 14.6 Å². The van der Waals surface area contributed by atoms with Gasteiger partial charge in [-0.1, -0.05) is 13.3 Å². The van der Waals surface area contributed by atoms with Gasteiger partial charge in [0.2, 0.25) is 11.8 Å². The van der Waals surface area contributed by atoms with Gasteiger partial charge in [-0.2, -0.15) is 0 Å². The van der Waals surface area contributed by atoms with E-state index in [1.807, 2.05) is 19.9 Å². The van der Waals surface area contributed by atoms with Gasteiger partial charge in [-0.15, -0.1) is 0 Å². The van der Waals surface area contributed by atoms with Gasteiger partial charge in [-0.25, -0.2) is 14.4 Å². The second-order valence-corrected chi connectivity index (χ2v) is 10.9. The van der Waals surface area contributed by atoms with Gasteiger partial charge in [0.25, 0.3) is 0 Å². The number of amides is 4. The number of hydrogen-bond acceptors (Lipinski definition) is 7. The van der Waals surface area contributed by atoms with Crippen LogP contribution in [0.5, 0.6) is 0 Å². The Balaban J connectivity index is 1.52. The topological polar surface area (TPSA) is 194 Å². The minimum atomic E-state index is -1.24. The molecule has 0 saturated carbocycles. The Bertz CT molecular complexity index is 1590. The van der Waals surface area contributed by atoms with Crippen molar-refractivity contribution in [2.24, 2.45) is 5.73 Å². The van der Waals surface area contributed by atoms with E-state index in [0.717, 1.165) is 53.4 Å². The maximum atomic E-state index is 13.1. The fourth-order valence-electron chi connectivity index (χ4n) is 5.63. The highest BCUT2D eigenvalue weighted by Gasteiger charge is 2.27. The molecule has 0 bridgehead atoms. The number of carboxylic acid groups (broad SMARTS) is 1. The fraction of sp³-hybridized carbons (Fsp3) is 0.500. The van der Waals surface area contributed by atoms with Crippen molar-refractivity contribution in [2.75, 3.05) is 6.54 Å². The fourth-order valence-corrected chi connectivity index (χ4v) is 5.63. The molecule has 1 aliphatic carbocycles. The molecule has 226 valence electrons. The summed E-state index contributed by atoms with van der Waals surface area (Å²) < 4.78 is 11.9. The van der Waals surface area contributed by atoms with Crippen LogP contribution in [0.25, 0.3) is 21.9 Å². The second-order valence-electron chi connectivity index (χ2n) is 10.9. The summed E-state index contributed by atoms with van der Waals surface area (Å²) in [5.74, 6) is -1.47. The first-order chi connectivity index (χ1) is 20.0. The first-order valence-electron chi connectivity index (χ1n) is 14.4. The zero-order valence-corrected chi connectivity index (χ0v) is 24.2. The van der Waals surface area contributed by atoms with Crippen LogP contribution in [-0.2, 0) is 33.6 Å². The summed E-state index contributed by atoms with van der Waals surface area (Å²) in [6, 6.07) is -0.966. The lowest BCUT2D eigenvalue weighted by molar-refractivity contribution is -0.142. The first-order valence-corrected chi connectivity index (χ1v) is 14.4. The molecule has 0 radical (unpaired) electrons. The zero-order valence-electron chi connectivity index (χ0n) is 24.2. The molecule has 0 aliphatic heterocycles. The van der Waals surface area contributed by atoms with E-state index < -0.39 is 41.5 Å². The summed E-state index contributed by atoms with van der Waals surface area (Å²) in [4.78, 5) is 61.6. The van der Waals surface area contributed by atoms with Gasteiger partial charge >= 0.3 is 17.6 Å². The van der Waals surface area contributed by atoms with Crippen LogP contribution in [0.1, 0.15) is 73.5 Å². The number of carboxylic acids is 1. The molecule has 2 aromatic heterocycles. The Kier molecular flexibility index (Phi) is 9.54. The molecular formula is C30H38N4O8. The van der Waals surface area contributed by atoms with Crippen molar-refractivity contribution in [3.63, 3.8) is 0 Å². The number of carbonyl (C=O) groups is 4.